The summed E-state index contributed by atoms with van der Waals surface area (Å²) >= 11 is 1.73. The molecular weight excluding hydrogens is 356 g/mol. The summed E-state index contributed by atoms with van der Waals surface area (Å²) in [6.45, 7) is 0. The van der Waals surface area contributed by atoms with Gasteiger partial charge in [-0.05, 0) is 54.5 Å². The molecule has 1 aliphatic carbocycles. The molecular formula is C22H22N2O2S. The van der Waals surface area contributed by atoms with Crippen molar-refractivity contribution >= 4 is 29.3 Å². The molecule has 2 atom stereocenters. The smallest absolute Gasteiger partial charge is 0.248 e. The standard InChI is InChI=1S/C22H22N2O2S/c25-20-11-12-22(17-7-2-1-3-8-17)24(20)19(14-27-22)21(26)23-18-10-9-15-5-4-6-16(15)13-18/h1-3,7-10,13,19H,4-6,11-12,14H2,(H,23,26)/t19-,22+/m0/s1. The Labute approximate surface area is 163 Å². The average Bonchev–Trinajstić information content (AvgIpc) is 3.38. The topological polar surface area (TPSA) is 49.4 Å². The molecule has 1 N–H and O–H groups in total. The average molecular weight is 378 g/mol. The van der Waals surface area contributed by atoms with Crippen LogP contribution in [0.3, 0.4) is 0 Å². The maximum atomic E-state index is 13.1. The third kappa shape index (κ3) is 2.67. The number of fused-ring (bicyclic) bond motifs is 2. The second-order valence-electron chi connectivity index (χ2n) is 7.57. The van der Waals surface area contributed by atoms with E-state index in [9.17, 15) is 9.59 Å². The summed E-state index contributed by atoms with van der Waals surface area (Å²) in [7, 11) is 0. The van der Waals surface area contributed by atoms with E-state index in [1.807, 2.05) is 29.2 Å². The number of thioether (sulfide) groups is 1. The van der Waals surface area contributed by atoms with Crippen LogP contribution in [0.4, 0.5) is 5.69 Å². The summed E-state index contributed by atoms with van der Waals surface area (Å²) in [5.41, 5.74) is 4.69. The normalized spacial score (nSPS) is 26.1. The van der Waals surface area contributed by atoms with Crippen LogP contribution >= 0.6 is 11.8 Å². The number of nitrogens with zero attached hydrogens (tertiary/aromatic N) is 1. The molecule has 0 radical (unpaired) electrons. The van der Waals surface area contributed by atoms with Gasteiger partial charge in [0.15, 0.2) is 0 Å². The van der Waals surface area contributed by atoms with Crippen molar-refractivity contribution in [1.29, 1.82) is 0 Å². The summed E-state index contributed by atoms with van der Waals surface area (Å²) in [6.07, 6.45) is 4.67. The Morgan fingerprint density at radius 2 is 1.89 bits per heavy atom. The Kier molecular flexibility index (Phi) is 4.01. The van der Waals surface area contributed by atoms with Gasteiger partial charge >= 0.3 is 0 Å². The van der Waals surface area contributed by atoms with E-state index in [2.05, 4.69) is 29.6 Å². The van der Waals surface area contributed by atoms with E-state index in [0.29, 0.717) is 12.2 Å². The van der Waals surface area contributed by atoms with Crippen LogP contribution in [0.25, 0.3) is 0 Å². The van der Waals surface area contributed by atoms with Crippen molar-refractivity contribution in [3.8, 4) is 0 Å². The summed E-state index contributed by atoms with van der Waals surface area (Å²) < 4.78 is 0. The van der Waals surface area contributed by atoms with E-state index in [0.717, 1.165) is 30.5 Å². The number of nitrogens with one attached hydrogen (secondary N) is 1. The summed E-state index contributed by atoms with van der Waals surface area (Å²) in [4.78, 5) is 27.2. The molecule has 2 aliphatic heterocycles. The highest BCUT2D eigenvalue weighted by atomic mass is 32.2. The van der Waals surface area contributed by atoms with Gasteiger partial charge in [0.05, 0.1) is 0 Å². The van der Waals surface area contributed by atoms with Crippen LogP contribution in [-0.2, 0) is 27.3 Å². The monoisotopic (exact) mass is 378 g/mol. The molecule has 27 heavy (non-hydrogen) atoms. The fraction of sp³-hybridized carbons (Fsp3) is 0.364. The van der Waals surface area contributed by atoms with E-state index in [4.69, 9.17) is 0 Å². The van der Waals surface area contributed by atoms with Crippen LogP contribution in [0.5, 0.6) is 0 Å². The van der Waals surface area contributed by atoms with Crippen molar-refractivity contribution in [2.45, 2.75) is 43.0 Å². The lowest BCUT2D eigenvalue weighted by Crippen LogP contribution is -2.48. The highest BCUT2D eigenvalue weighted by Crippen LogP contribution is 2.54. The molecule has 2 heterocycles. The zero-order valence-electron chi connectivity index (χ0n) is 15.1. The molecule has 2 aromatic rings. The zero-order valence-corrected chi connectivity index (χ0v) is 15.9. The van der Waals surface area contributed by atoms with Crippen LogP contribution in [0, 0.1) is 0 Å². The number of hydrogen-bond donors (Lipinski definition) is 1. The highest BCUT2D eigenvalue weighted by Gasteiger charge is 2.56. The van der Waals surface area contributed by atoms with E-state index < -0.39 is 10.9 Å². The number of aryl methyl sites for hydroxylation is 2. The van der Waals surface area contributed by atoms with Crippen LogP contribution in [0.15, 0.2) is 48.5 Å². The van der Waals surface area contributed by atoms with Gasteiger partial charge in [-0.1, -0.05) is 36.4 Å². The van der Waals surface area contributed by atoms with Gasteiger partial charge in [0, 0.05) is 17.9 Å². The molecule has 0 unspecified atom stereocenters. The van der Waals surface area contributed by atoms with Crippen molar-refractivity contribution < 1.29 is 9.59 Å². The first kappa shape index (κ1) is 16.9. The van der Waals surface area contributed by atoms with Gasteiger partial charge in [-0.25, -0.2) is 0 Å². The first-order valence-corrected chi connectivity index (χ1v) is 10.6. The first-order valence-electron chi connectivity index (χ1n) is 9.62. The fourth-order valence-electron chi connectivity index (χ4n) is 4.71. The Hall–Kier alpha value is -2.27. The third-order valence-electron chi connectivity index (χ3n) is 6.02. The molecule has 5 heteroatoms. The number of amides is 2. The number of carbonyl (C=O) groups is 2. The van der Waals surface area contributed by atoms with Gasteiger partial charge < -0.3 is 10.2 Å². The Balaban J connectivity index is 1.41. The van der Waals surface area contributed by atoms with Crippen molar-refractivity contribution in [2.24, 2.45) is 0 Å². The molecule has 0 spiro atoms. The molecule has 2 aromatic carbocycles. The molecule has 2 saturated heterocycles. The van der Waals surface area contributed by atoms with Crippen molar-refractivity contribution in [3.05, 3.63) is 65.2 Å². The first-order chi connectivity index (χ1) is 13.2. The molecule has 2 amide bonds. The summed E-state index contributed by atoms with van der Waals surface area (Å²) in [6, 6.07) is 15.9. The number of benzene rings is 2. The molecule has 0 bridgehead atoms. The van der Waals surface area contributed by atoms with E-state index in [1.54, 1.807) is 11.8 Å². The molecule has 0 saturated carbocycles. The molecule has 3 aliphatic rings. The summed E-state index contributed by atoms with van der Waals surface area (Å²) in [5.74, 6) is 0.642. The SMILES string of the molecule is O=C(Nc1ccc2c(c1)CCC2)[C@@H]1CS[C@@]2(c3ccccc3)CCC(=O)N12. The fourth-order valence-corrected chi connectivity index (χ4v) is 6.36. The van der Waals surface area contributed by atoms with E-state index in [-0.39, 0.29) is 11.8 Å². The second kappa shape index (κ2) is 6.41. The lowest BCUT2D eigenvalue weighted by Gasteiger charge is -2.34. The largest absolute Gasteiger partial charge is 0.324 e. The van der Waals surface area contributed by atoms with Gasteiger partial charge in [0.2, 0.25) is 11.8 Å². The minimum atomic E-state index is -0.418. The maximum absolute atomic E-state index is 13.1. The quantitative estimate of drug-likeness (QED) is 0.886. The number of rotatable bonds is 3. The predicted molar refractivity (Wildman–Crippen MR) is 108 cm³/mol. The molecule has 4 nitrogen and oxygen atoms in total. The van der Waals surface area contributed by atoms with Crippen molar-refractivity contribution in [1.82, 2.24) is 4.90 Å². The lowest BCUT2D eigenvalue weighted by atomic mass is 10.0. The van der Waals surface area contributed by atoms with Gasteiger partial charge in [0.25, 0.3) is 0 Å². The van der Waals surface area contributed by atoms with Crippen molar-refractivity contribution in [3.63, 3.8) is 0 Å². The lowest BCUT2D eigenvalue weighted by molar-refractivity contribution is -0.136. The predicted octanol–water partition coefficient (Wildman–Crippen LogP) is 3.70. The molecule has 2 fully saturated rings. The van der Waals surface area contributed by atoms with Crippen molar-refractivity contribution in [2.75, 3.05) is 11.1 Å². The number of carbonyl (C=O) groups excluding carboxylic acids is 2. The van der Waals surface area contributed by atoms with Gasteiger partial charge in [-0.3, -0.25) is 9.59 Å². The maximum Gasteiger partial charge on any atom is 0.248 e. The zero-order chi connectivity index (χ0) is 18.4. The number of hydrogen-bond acceptors (Lipinski definition) is 3. The molecule has 5 rings (SSSR count). The van der Waals surface area contributed by atoms with Gasteiger partial charge in [0.1, 0.15) is 10.9 Å². The Morgan fingerprint density at radius 3 is 2.74 bits per heavy atom. The molecule has 0 aromatic heterocycles. The van der Waals surface area contributed by atoms with Gasteiger partial charge in [-0.2, -0.15) is 0 Å². The van der Waals surface area contributed by atoms with Crippen LogP contribution in [-0.4, -0.2) is 28.5 Å². The van der Waals surface area contributed by atoms with Crippen LogP contribution in [0.1, 0.15) is 36.0 Å². The van der Waals surface area contributed by atoms with Crippen LogP contribution in [0.2, 0.25) is 0 Å². The minimum Gasteiger partial charge on any atom is -0.324 e. The third-order valence-corrected chi connectivity index (χ3v) is 7.62. The Morgan fingerprint density at radius 1 is 1.07 bits per heavy atom. The highest BCUT2D eigenvalue weighted by molar-refractivity contribution is 8.00. The molecule has 138 valence electrons. The van der Waals surface area contributed by atoms with E-state index in [1.165, 1.54) is 17.5 Å². The Bertz CT molecular complexity index is 914. The van der Waals surface area contributed by atoms with E-state index >= 15 is 0 Å². The van der Waals surface area contributed by atoms with Gasteiger partial charge in [-0.15, -0.1) is 11.8 Å². The minimum absolute atomic E-state index is 0.0755. The number of anilines is 1. The summed E-state index contributed by atoms with van der Waals surface area (Å²) in [5, 5.41) is 3.07. The second-order valence-corrected chi connectivity index (χ2v) is 8.86. The van der Waals surface area contributed by atoms with Crippen LogP contribution < -0.4 is 5.32 Å².